The van der Waals surface area contributed by atoms with Crippen molar-refractivity contribution in [3.63, 3.8) is 0 Å². The lowest BCUT2D eigenvalue weighted by atomic mass is 10.00. The third kappa shape index (κ3) is 1.96. The second-order valence-electron chi connectivity index (χ2n) is 6.65. The molecule has 0 radical (unpaired) electrons. The number of nitrogens with zero attached hydrogens (tertiary/aromatic N) is 1. The molecule has 0 atom stereocenters. The summed E-state index contributed by atoms with van der Waals surface area (Å²) in [4.78, 5) is 12.8. The molecule has 2 aromatic carbocycles. The minimum Gasteiger partial charge on any atom is -0.314 e. The number of hydrogen-bond acceptors (Lipinski definition) is 2. The monoisotopic (exact) mass is 320 g/mol. The van der Waals surface area contributed by atoms with Gasteiger partial charge in [-0.15, -0.1) is 0 Å². The molecular weight excluding hydrogens is 303 g/mol. The van der Waals surface area contributed by atoms with Crippen molar-refractivity contribution in [3.8, 4) is 11.3 Å². The van der Waals surface area contributed by atoms with Gasteiger partial charge in [-0.2, -0.15) is 0 Å². The maximum absolute atomic E-state index is 13.8. The highest BCUT2D eigenvalue weighted by Gasteiger charge is 2.32. The second kappa shape index (κ2) is 5.02. The molecule has 0 spiro atoms. The van der Waals surface area contributed by atoms with E-state index >= 15 is 0 Å². The maximum atomic E-state index is 13.8. The zero-order chi connectivity index (χ0) is 16.3. The quantitative estimate of drug-likeness (QED) is 0.621. The van der Waals surface area contributed by atoms with E-state index in [9.17, 15) is 9.18 Å². The number of fused-ring (bicyclic) bond motifs is 5. The first-order chi connectivity index (χ1) is 11.7. The van der Waals surface area contributed by atoms with E-state index in [0.717, 1.165) is 46.3 Å². The van der Waals surface area contributed by atoms with Crippen LogP contribution in [0, 0.1) is 5.82 Å². The van der Waals surface area contributed by atoms with Gasteiger partial charge in [0.05, 0.1) is 11.2 Å². The van der Waals surface area contributed by atoms with E-state index in [2.05, 4.69) is 5.32 Å². The molecule has 1 saturated carbocycles. The van der Waals surface area contributed by atoms with E-state index in [1.165, 1.54) is 18.9 Å². The van der Waals surface area contributed by atoms with E-state index in [1.54, 1.807) is 16.7 Å². The van der Waals surface area contributed by atoms with Crippen LogP contribution in [0.25, 0.3) is 22.2 Å². The summed E-state index contributed by atoms with van der Waals surface area (Å²) in [6.45, 7) is 0.851. The lowest BCUT2D eigenvalue weighted by Gasteiger charge is -2.06. The number of carbonyl (C=O) groups is 1. The lowest BCUT2D eigenvalue weighted by Crippen LogP contribution is -2.19. The largest absolute Gasteiger partial charge is 0.314 e. The SMILES string of the molecule is O=C1c2ccccc2-c2c(CCNC3CC3)c3cc(F)ccc3n21. The first kappa shape index (κ1) is 13.9. The minimum absolute atomic E-state index is 0.0152. The topological polar surface area (TPSA) is 34.0 Å². The number of carbonyl (C=O) groups excluding carboxylic acids is 1. The van der Waals surface area contributed by atoms with E-state index in [0.29, 0.717) is 6.04 Å². The van der Waals surface area contributed by atoms with E-state index in [4.69, 9.17) is 0 Å². The zero-order valence-electron chi connectivity index (χ0n) is 13.2. The van der Waals surface area contributed by atoms with Crippen LogP contribution in [-0.4, -0.2) is 23.1 Å². The van der Waals surface area contributed by atoms with Gasteiger partial charge in [0, 0.05) is 22.6 Å². The third-order valence-corrected chi connectivity index (χ3v) is 5.04. The third-order valence-electron chi connectivity index (χ3n) is 5.04. The summed E-state index contributed by atoms with van der Waals surface area (Å²) < 4.78 is 15.6. The van der Waals surface area contributed by atoms with Gasteiger partial charge in [0.25, 0.3) is 5.91 Å². The van der Waals surface area contributed by atoms with Gasteiger partial charge in [0.15, 0.2) is 0 Å². The summed E-state index contributed by atoms with van der Waals surface area (Å²) in [5.41, 5.74) is 4.49. The van der Waals surface area contributed by atoms with Crippen LogP contribution in [0.15, 0.2) is 42.5 Å². The molecule has 1 aliphatic carbocycles. The molecule has 2 heterocycles. The molecule has 1 aromatic heterocycles. The average molecular weight is 320 g/mol. The fraction of sp³-hybridized carbons (Fsp3) is 0.250. The van der Waals surface area contributed by atoms with Crippen LogP contribution in [-0.2, 0) is 6.42 Å². The summed E-state index contributed by atoms with van der Waals surface area (Å²) in [6, 6.07) is 13.0. The summed E-state index contributed by atoms with van der Waals surface area (Å²) in [5.74, 6) is -0.275. The Morgan fingerprint density at radius 3 is 2.71 bits per heavy atom. The van der Waals surface area contributed by atoms with Crippen LogP contribution in [0.2, 0.25) is 0 Å². The van der Waals surface area contributed by atoms with Gasteiger partial charge in [-0.25, -0.2) is 4.39 Å². The smallest absolute Gasteiger partial charge is 0.263 e. The molecule has 5 rings (SSSR count). The number of aromatic nitrogens is 1. The Bertz CT molecular complexity index is 985. The van der Waals surface area contributed by atoms with E-state index in [1.807, 2.05) is 24.3 Å². The van der Waals surface area contributed by atoms with Crippen LogP contribution in [0.4, 0.5) is 4.39 Å². The molecule has 0 amide bonds. The Hall–Kier alpha value is -2.46. The molecule has 1 N–H and O–H groups in total. The van der Waals surface area contributed by atoms with Crippen LogP contribution >= 0.6 is 0 Å². The van der Waals surface area contributed by atoms with Gasteiger partial charge in [0.1, 0.15) is 5.82 Å². The van der Waals surface area contributed by atoms with Crippen molar-refractivity contribution in [3.05, 3.63) is 59.4 Å². The highest BCUT2D eigenvalue weighted by Crippen LogP contribution is 2.41. The van der Waals surface area contributed by atoms with Gasteiger partial charge in [0.2, 0.25) is 0 Å². The van der Waals surface area contributed by atoms with Crippen molar-refractivity contribution < 1.29 is 9.18 Å². The van der Waals surface area contributed by atoms with Gasteiger partial charge >= 0.3 is 0 Å². The number of nitrogens with one attached hydrogen (secondary N) is 1. The summed E-state index contributed by atoms with van der Waals surface area (Å²) >= 11 is 0. The predicted molar refractivity (Wildman–Crippen MR) is 91.8 cm³/mol. The second-order valence-corrected chi connectivity index (χ2v) is 6.65. The standard InChI is InChI=1S/C20H17FN2O/c21-12-5-8-18-17(11-12)15(9-10-22-13-6-7-13)19-14-3-1-2-4-16(14)20(24)23(18)19/h1-5,8,11,13,22H,6-7,9-10H2. The normalized spacial score (nSPS) is 15.8. The van der Waals surface area contributed by atoms with Gasteiger partial charge in [-0.1, -0.05) is 18.2 Å². The van der Waals surface area contributed by atoms with Gasteiger partial charge < -0.3 is 5.32 Å². The number of halogens is 1. The molecule has 24 heavy (non-hydrogen) atoms. The average Bonchev–Trinajstić information content (AvgIpc) is 3.30. The first-order valence-corrected chi connectivity index (χ1v) is 8.44. The molecule has 3 nitrogen and oxygen atoms in total. The Balaban J connectivity index is 1.71. The van der Waals surface area contributed by atoms with Crippen molar-refractivity contribution in [1.82, 2.24) is 9.88 Å². The first-order valence-electron chi connectivity index (χ1n) is 8.44. The van der Waals surface area contributed by atoms with Crippen molar-refractivity contribution in [2.24, 2.45) is 0 Å². The van der Waals surface area contributed by atoms with Gasteiger partial charge in [-0.05, 0) is 55.6 Å². The van der Waals surface area contributed by atoms with Crippen molar-refractivity contribution >= 4 is 16.8 Å². The maximum Gasteiger partial charge on any atom is 0.263 e. The zero-order valence-corrected chi connectivity index (χ0v) is 13.2. The molecule has 0 unspecified atom stereocenters. The van der Waals surface area contributed by atoms with Crippen LogP contribution in [0.1, 0.15) is 28.8 Å². The summed E-state index contributed by atoms with van der Waals surface area (Å²) in [6.07, 6.45) is 3.27. The fourth-order valence-electron chi connectivity index (χ4n) is 3.76. The van der Waals surface area contributed by atoms with E-state index < -0.39 is 0 Å². The number of benzene rings is 2. The van der Waals surface area contributed by atoms with Gasteiger partial charge in [-0.3, -0.25) is 9.36 Å². The molecule has 0 bridgehead atoms. The van der Waals surface area contributed by atoms with Crippen LogP contribution < -0.4 is 5.32 Å². The summed E-state index contributed by atoms with van der Waals surface area (Å²) in [5, 5.41) is 4.36. The van der Waals surface area contributed by atoms with Crippen LogP contribution in [0.5, 0.6) is 0 Å². The molecule has 2 aliphatic rings. The Morgan fingerprint density at radius 1 is 1.12 bits per heavy atom. The van der Waals surface area contributed by atoms with Crippen LogP contribution in [0.3, 0.4) is 0 Å². The highest BCUT2D eigenvalue weighted by molar-refractivity contribution is 6.15. The number of hydrogen-bond donors (Lipinski definition) is 1. The van der Waals surface area contributed by atoms with Crippen molar-refractivity contribution in [1.29, 1.82) is 0 Å². The molecule has 120 valence electrons. The molecule has 4 heteroatoms. The van der Waals surface area contributed by atoms with E-state index in [-0.39, 0.29) is 11.7 Å². The minimum atomic E-state index is -0.260. The predicted octanol–water partition coefficient (Wildman–Crippen LogP) is 3.74. The van der Waals surface area contributed by atoms with Crippen molar-refractivity contribution in [2.45, 2.75) is 25.3 Å². The lowest BCUT2D eigenvalue weighted by molar-refractivity contribution is 0.0973. The molecule has 0 saturated heterocycles. The number of rotatable bonds is 4. The Morgan fingerprint density at radius 2 is 1.92 bits per heavy atom. The molecule has 1 fully saturated rings. The molecular formula is C20H17FN2O. The molecule has 3 aromatic rings. The highest BCUT2D eigenvalue weighted by atomic mass is 19.1. The Labute approximate surface area is 139 Å². The summed E-state index contributed by atoms with van der Waals surface area (Å²) in [7, 11) is 0. The van der Waals surface area contributed by atoms with Crippen molar-refractivity contribution in [2.75, 3.05) is 6.54 Å². The Kier molecular flexibility index (Phi) is 2.91. The molecule has 1 aliphatic heterocycles. The fourth-order valence-corrected chi connectivity index (χ4v) is 3.76.